The molecule has 19 heavy (non-hydrogen) atoms. The molecule has 0 bridgehead atoms. The molecule has 6 nitrogen and oxygen atoms in total. The van der Waals surface area contributed by atoms with Gasteiger partial charge in [-0.3, -0.25) is 4.68 Å². The summed E-state index contributed by atoms with van der Waals surface area (Å²) in [5.74, 6) is 1.87. The number of nitrogens with zero attached hydrogens (tertiary/aromatic N) is 2. The third-order valence-corrected chi connectivity index (χ3v) is 2.60. The number of aromatic nitrogens is 2. The number of ether oxygens (including phenoxy) is 3. The topological polar surface area (TPSA) is 71.5 Å². The first-order valence-corrected chi connectivity index (χ1v) is 5.86. The van der Waals surface area contributed by atoms with Gasteiger partial charge in [0.25, 0.3) is 0 Å². The van der Waals surface area contributed by atoms with Gasteiger partial charge in [-0.2, -0.15) is 5.10 Å². The Morgan fingerprint density at radius 2 is 1.89 bits per heavy atom. The normalized spacial score (nSPS) is 10.2. The van der Waals surface area contributed by atoms with Crippen molar-refractivity contribution >= 4 is 5.69 Å². The maximum atomic E-state index is 5.71. The van der Waals surface area contributed by atoms with Crippen molar-refractivity contribution in [2.24, 2.45) is 0 Å². The Balaban J connectivity index is 2.02. The van der Waals surface area contributed by atoms with E-state index in [1.807, 2.05) is 18.2 Å². The van der Waals surface area contributed by atoms with Gasteiger partial charge in [0.1, 0.15) is 6.61 Å². The predicted molar refractivity (Wildman–Crippen MR) is 71.7 cm³/mol. The molecule has 0 saturated carbocycles. The lowest BCUT2D eigenvalue weighted by Crippen LogP contribution is -2.09. The molecule has 0 saturated heterocycles. The van der Waals surface area contributed by atoms with Crippen molar-refractivity contribution in [2.45, 2.75) is 6.54 Å². The third kappa shape index (κ3) is 3.09. The molecular formula is C13H17N3O3. The van der Waals surface area contributed by atoms with Gasteiger partial charge in [-0.25, -0.2) is 0 Å². The highest BCUT2D eigenvalue weighted by molar-refractivity contribution is 5.51. The molecule has 102 valence electrons. The van der Waals surface area contributed by atoms with E-state index in [1.165, 1.54) is 0 Å². The lowest BCUT2D eigenvalue weighted by atomic mass is 10.3. The van der Waals surface area contributed by atoms with E-state index in [4.69, 9.17) is 19.9 Å². The summed E-state index contributed by atoms with van der Waals surface area (Å²) >= 11 is 0. The summed E-state index contributed by atoms with van der Waals surface area (Å²) in [6.07, 6.45) is 3.35. The maximum Gasteiger partial charge on any atom is 0.203 e. The summed E-state index contributed by atoms with van der Waals surface area (Å²) in [6, 6.07) is 5.49. The van der Waals surface area contributed by atoms with E-state index >= 15 is 0 Å². The number of hydrogen-bond donors (Lipinski definition) is 1. The van der Waals surface area contributed by atoms with Crippen molar-refractivity contribution in [1.82, 2.24) is 9.78 Å². The lowest BCUT2D eigenvalue weighted by Gasteiger charge is -2.13. The molecule has 0 aliphatic carbocycles. The Bertz CT molecular complexity index is 517. The second-order valence-corrected chi connectivity index (χ2v) is 3.88. The summed E-state index contributed by atoms with van der Waals surface area (Å²) in [5.41, 5.74) is 6.22. The molecule has 0 unspecified atom stereocenters. The molecule has 0 spiro atoms. The minimum atomic E-state index is 0.442. The number of para-hydroxylation sites is 1. The zero-order valence-corrected chi connectivity index (χ0v) is 11.0. The molecule has 1 aromatic carbocycles. The molecule has 2 N–H and O–H groups in total. The smallest absolute Gasteiger partial charge is 0.203 e. The van der Waals surface area contributed by atoms with E-state index in [1.54, 1.807) is 31.3 Å². The van der Waals surface area contributed by atoms with Crippen LogP contribution in [0.3, 0.4) is 0 Å². The zero-order chi connectivity index (χ0) is 13.7. The standard InChI is InChI=1S/C13H17N3O3/c1-17-11-4-3-5-12(18-2)13(11)19-7-6-16-9-10(14)8-15-16/h3-5,8-9H,6-7,14H2,1-2H3. The van der Waals surface area contributed by atoms with Crippen molar-refractivity contribution in [3.63, 3.8) is 0 Å². The van der Waals surface area contributed by atoms with Gasteiger partial charge in [0.05, 0.1) is 32.6 Å². The first-order chi connectivity index (χ1) is 9.24. The first-order valence-electron chi connectivity index (χ1n) is 5.86. The molecule has 1 heterocycles. The number of nitrogens with two attached hydrogens (primary N) is 1. The fourth-order valence-corrected chi connectivity index (χ4v) is 1.70. The summed E-state index contributed by atoms with van der Waals surface area (Å²) in [5, 5.41) is 4.08. The average Bonchev–Trinajstić information content (AvgIpc) is 2.84. The highest BCUT2D eigenvalue weighted by Crippen LogP contribution is 2.36. The van der Waals surface area contributed by atoms with Crippen molar-refractivity contribution in [3.8, 4) is 17.2 Å². The minimum absolute atomic E-state index is 0.442. The Hall–Kier alpha value is -2.37. The van der Waals surface area contributed by atoms with E-state index in [2.05, 4.69) is 5.10 Å². The molecule has 2 rings (SSSR count). The quantitative estimate of drug-likeness (QED) is 0.856. The highest BCUT2D eigenvalue weighted by atomic mass is 16.5. The monoisotopic (exact) mass is 263 g/mol. The lowest BCUT2D eigenvalue weighted by molar-refractivity contribution is 0.258. The third-order valence-electron chi connectivity index (χ3n) is 2.60. The van der Waals surface area contributed by atoms with Crippen LogP contribution in [0.4, 0.5) is 5.69 Å². The largest absolute Gasteiger partial charge is 0.493 e. The fourth-order valence-electron chi connectivity index (χ4n) is 1.70. The van der Waals surface area contributed by atoms with Crippen LogP contribution < -0.4 is 19.9 Å². The summed E-state index contributed by atoms with van der Waals surface area (Å²) < 4.78 is 17.9. The van der Waals surface area contributed by atoms with E-state index in [0.717, 1.165) is 0 Å². The van der Waals surface area contributed by atoms with E-state index in [0.29, 0.717) is 36.1 Å². The Morgan fingerprint density at radius 1 is 1.21 bits per heavy atom. The molecule has 0 aliphatic rings. The molecule has 0 atom stereocenters. The molecular weight excluding hydrogens is 246 g/mol. The average molecular weight is 263 g/mol. The summed E-state index contributed by atoms with van der Waals surface area (Å²) in [4.78, 5) is 0. The molecule has 0 fully saturated rings. The molecule has 0 aliphatic heterocycles. The molecule has 6 heteroatoms. The van der Waals surface area contributed by atoms with Crippen LogP contribution in [0, 0.1) is 0 Å². The van der Waals surface area contributed by atoms with Gasteiger partial charge in [-0.05, 0) is 12.1 Å². The van der Waals surface area contributed by atoms with E-state index in [-0.39, 0.29) is 0 Å². The number of nitrogen functional groups attached to an aromatic ring is 1. The molecule has 1 aromatic heterocycles. The fraction of sp³-hybridized carbons (Fsp3) is 0.308. The van der Waals surface area contributed by atoms with Gasteiger partial charge in [-0.15, -0.1) is 0 Å². The Labute approximate surface area is 111 Å². The summed E-state index contributed by atoms with van der Waals surface area (Å²) in [7, 11) is 3.19. The van der Waals surface area contributed by atoms with E-state index in [9.17, 15) is 0 Å². The predicted octanol–water partition coefficient (Wildman–Crippen LogP) is 1.56. The van der Waals surface area contributed by atoms with Gasteiger partial charge in [0, 0.05) is 6.20 Å². The second-order valence-electron chi connectivity index (χ2n) is 3.88. The van der Waals surface area contributed by atoms with Crippen LogP contribution in [0.15, 0.2) is 30.6 Å². The van der Waals surface area contributed by atoms with Crippen molar-refractivity contribution in [2.75, 3.05) is 26.6 Å². The van der Waals surface area contributed by atoms with Gasteiger partial charge >= 0.3 is 0 Å². The molecule has 0 amide bonds. The Morgan fingerprint density at radius 3 is 2.42 bits per heavy atom. The van der Waals surface area contributed by atoms with Gasteiger partial charge < -0.3 is 19.9 Å². The van der Waals surface area contributed by atoms with E-state index < -0.39 is 0 Å². The minimum Gasteiger partial charge on any atom is -0.493 e. The van der Waals surface area contributed by atoms with Gasteiger partial charge in [-0.1, -0.05) is 6.07 Å². The van der Waals surface area contributed by atoms with Crippen molar-refractivity contribution in [1.29, 1.82) is 0 Å². The molecule has 2 aromatic rings. The Kier molecular flexibility index (Phi) is 4.12. The van der Waals surface area contributed by atoms with Crippen LogP contribution in [-0.2, 0) is 6.54 Å². The van der Waals surface area contributed by atoms with Crippen LogP contribution >= 0.6 is 0 Å². The number of benzene rings is 1. The number of rotatable bonds is 6. The second kappa shape index (κ2) is 5.99. The zero-order valence-electron chi connectivity index (χ0n) is 11.0. The summed E-state index contributed by atoms with van der Waals surface area (Å²) in [6.45, 7) is 1.04. The van der Waals surface area contributed by atoms with Gasteiger partial charge in [0.15, 0.2) is 11.5 Å². The number of methoxy groups -OCH3 is 2. The van der Waals surface area contributed by atoms with Crippen LogP contribution in [0.2, 0.25) is 0 Å². The van der Waals surface area contributed by atoms with Crippen molar-refractivity contribution in [3.05, 3.63) is 30.6 Å². The van der Waals surface area contributed by atoms with Crippen LogP contribution in [-0.4, -0.2) is 30.6 Å². The molecule has 0 radical (unpaired) electrons. The SMILES string of the molecule is COc1cccc(OC)c1OCCn1cc(N)cn1. The number of anilines is 1. The van der Waals surface area contributed by atoms with Crippen LogP contribution in [0.5, 0.6) is 17.2 Å². The van der Waals surface area contributed by atoms with Gasteiger partial charge in [0.2, 0.25) is 5.75 Å². The van der Waals surface area contributed by atoms with Crippen LogP contribution in [0.25, 0.3) is 0 Å². The maximum absolute atomic E-state index is 5.71. The number of hydrogen-bond acceptors (Lipinski definition) is 5. The van der Waals surface area contributed by atoms with Crippen LogP contribution in [0.1, 0.15) is 0 Å². The van der Waals surface area contributed by atoms with Crippen molar-refractivity contribution < 1.29 is 14.2 Å². The first kappa shape index (κ1) is 13.1. The highest BCUT2D eigenvalue weighted by Gasteiger charge is 2.10.